The monoisotopic (exact) mass is 527 g/mol. The van der Waals surface area contributed by atoms with Gasteiger partial charge in [-0.2, -0.15) is 0 Å². The third-order valence-corrected chi connectivity index (χ3v) is 8.91. The van der Waals surface area contributed by atoms with E-state index in [-0.39, 0.29) is 6.03 Å². The highest BCUT2D eigenvalue weighted by atomic mass is 16.5. The number of aliphatic hydroxyl groups excluding tert-OH is 1. The average Bonchev–Trinajstić information content (AvgIpc) is 3.17. The van der Waals surface area contributed by atoms with E-state index in [9.17, 15) is 9.90 Å². The molecule has 1 unspecified atom stereocenters. The van der Waals surface area contributed by atoms with Crippen LogP contribution < -0.4 is 16.4 Å². The van der Waals surface area contributed by atoms with E-state index in [1.165, 1.54) is 64.2 Å². The van der Waals surface area contributed by atoms with Crippen molar-refractivity contribution in [1.29, 1.82) is 0 Å². The maximum absolute atomic E-state index is 11.9. The number of urea groups is 1. The Hall–Kier alpha value is -2.32. The number of aliphatic hydroxyl groups is 1. The van der Waals surface area contributed by atoms with Gasteiger partial charge in [-0.25, -0.2) is 9.79 Å². The van der Waals surface area contributed by atoms with Gasteiger partial charge in [0.25, 0.3) is 0 Å². The molecule has 4 rings (SSSR count). The number of ether oxygens (including phenoxy) is 1. The second-order valence-electron chi connectivity index (χ2n) is 11.7. The van der Waals surface area contributed by atoms with Crippen LogP contribution >= 0.6 is 0 Å². The maximum atomic E-state index is 11.9. The number of carbonyl (C=O) groups excluding carboxylic acids is 1. The minimum Gasteiger partial charge on any atom is -0.383 e. The molecule has 2 atom stereocenters. The number of nitrogens with zero attached hydrogens (tertiary/aromatic N) is 2. The van der Waals surface area contributed by atoms with Gasteiger partial charge in [0.2, 0.25) is 0 Å². The first kappa shape index (κ1) is 28.7. The molecule has 2 saturated carbocycles. The summed E-state index contributed by atoms with van der Waals surface area (Å²) in [6.45, 7) is 1.93. The molecule has 2 aliphatic carbocycles. The Labute approximate surface area is 228 Å². The molecule has 1 aliphatic heterocycles. The third-order valence-electron chi connectivity index (χ3n) is 8.91. The van der Waals surface area contributed by atoms with Crippen LogP contribution in [0.1, 0.15) is 94.6 Å². The second-order valence-corrected chi connectivity index (χ2v) is 11.7. The van der Waals surface area contributed by atoms with E-state index in [2.05, 4.69) is 10.6 Å². The fourth-order valence-electron chi connectivity index (χ4n) is 6.66. The van der Waals surface area contributed by atoms with Crippen LogP contribution in [0.15, 0.2) is 29.3 Å². The van der Waals surface area contributed by atoms with Crippen LogP contribution in [-0.2, 0) is 17.8 Å². The van der Waals surface area contributed by atoms with Crippen molar-refractivity contribution in [2.24, 2.45) is 22.6 Å². The zero-order valence-electron chi connectivity index (χ0n) is 23.3. The Bertz CT molecular complexity index is 896. The van der Waals surface area contributed by atoms with Crippen molar-refractivity contribution in [2.45, 2.75) is 108 Å². The number of nitrogens with two attached hydrogens (primary N) is 1. The smallest absolute Gasteiger partial charge is 0.315 e. The lowest BCUT2D eigenvalue weighted by Crippen LogP contribution is -2.49. The van der Waals surface area contributed by atoms with E-state index in [0.717, 1.165) is 36.3 Å². The molecule has 0 radical (unpaired) electrons. The Kier molecular flexibility index (Phi) is 10.7. The van der Waals surface area contributed by atoms with E-state index in [0.29, 0.717) is 38.1 Å². The summed E-state index contributed by atoms with van der Waals surface area (Å²) in [6.07, 6.45) is 15.4. The molecule has 8 heteroatoms. The van der Waals surface area contributed by atoms with Gasteiger partial charge < -0.3 is 31.1 Å². The molecule has 0 aromatic heterocycles. The number of benzene rings is 1. The molecular formula is C30H49N5O3. The highest BCUT2D eigenvalue weighted by molar-refractivity contribution is 5.81. The van der Waals surface area contributed by atoms with Gasteiger partial charge in [0, 0.05) is 26.7 Å². The minimum atomic E-state index is -0.690. The number of hydrogen-bond acceptors (Lipinski definition) is 6. The lowest BCUT2D eigenvalue weighted by Gasteiger charge is -2.38. The quantitative estimate of drug-likeness (QED) is 0.296. The third kappa shape index (κ3) is 7.85. The Balaban J connectivity index is 1.37. The highest BCUT2D eigenvalue weighted by Crippen LogP contribution is 2.42. The van der Waals surface area contributed by atoms with Crippen molar-refractivity contribution in [1.82, 2.24) is 15.5 Å². The van der Waals surface area contributed by atoms with Crippen LogP contribution in [0.5, 0.6) is 0 Å². The van der Waals surface area contributed by atoms with Gasteiger partial charge >= 0.3 is 6.03 Å². The largest absolute Gasteiger partial charge is 0.383 e. The van der Waals surface area contributed by atoms with Crippen molar-refractivity contribution < 1.29 is 14.6 Å². The standard InChI is InChI=1S/C30H49N5O3/c1-38-19-18-32-29(37)33-21-25-12-14-26(15-13-25)22-35-27(36)30(34-28(35)31,20-24-10-6-3-7-11-24)17-16-23-8-4-2-5-9-23/h12-15,23-24,27,36H,2-11,16-22H2,1H3,(H2,31,34)(H2,32,33,37)/t27?,30-/m1/s1. The number of aliphatic imine (C=N–C) groups is 1. The first-order valence-corrected chi connectivity index (χ1v) is 14.9. The summed E-state index contributed by atoms with van der Waals surface area (Å²) < 4.78 is 4.95. The first-order valence-electron chi connectivity index (χ1n) is 14.9. The van der Waals surface area contributed by atoms with Gasteiger partial charge in [-0.15, -0.1) is 0 Å². The van der Waals surface area contributed by atoms with Crippen molar-refractivity contribution in [3.63, 3.8) is 0 Å². The highest BCUT2D eigenvalue weighted by Gasteiger charge is 2.48. The Morgan fingerprint density at radius 1 is 1.03 bits per heavy atom. The molecule has 2 fully saturated rings. The van der Waals surface area contributed by atoms with E-state index < -0.39 is 11.8 Å². The van der Waals surface area contributed by atoms with Gasteiger partial charge in [0.1, 0.15) is 5.54 Å². The summed E-state index contributed by atoms with van der Waals surface area (Å²) >= 11 is 0. The lowest BCUT2D eigenvalue weighted by atomic mass is 9.74. The second kappa shape index (κ2) is 14.2. The van der Waals surface area contributed by atoms with E-state index >= 15 is 0 Å². The molecule has 2 amide bonds. The van der Waals surface area contributed by atoms with Crippen LogP contribution in [0.2, 0.25) is 0 Å². The summed E-state index contributed by atoms with van der Waals surface area (Å²) in [6, 6.07) is 7.90. The van der Waals surface area contributed by atoms with Gasteiger partial charge in [-0.3, -0.25) is 0 Å². The van der Waals surface area contributed by atoms with Gasteiger partial charge in [-0.05, 0) is 42.2 Å². The molecule has 8 nitrogen and oxygen atoms in total. The summed E-state index contributed by atoms with van der Waals surface area (Å²) in [7, 11) is 1.61. The van der Waals surface area contributed by atoms with E-state index in [1.807, 2.05) is 29.2 Å². The number of guanidine groups is 1. The van der Waals surface area contributed by atoms with Crippen LogP contribution in [0, 0.1) is 11.8 Å². The summed E-state index contributed by atoms with van der Waals surface area (Å²) in [4.78, 5) is 18.8. The van der Waals surface area contributed by atoms with Gasteiger partial charge in [-0.1, -0.05) is 88.5 Å². The number of amides is 2. The Morgan fingerprint density at radius 3 is 2.32 bits per heavy atom. The minimum absolute atomic E-state index is 0.210. The number of hydrogen-bond donors (Lipinski definition) is 4. The summed E-state index contributed by atoms with van der Waals surface area (Å²) in [5, 5.41) is 17.4. The van der Waals surface area contributed by atoms with Gasteiger partial charge in [0.15, 0.2) is 12.2 Å². The van der Waals surface area contributed by atoms with Crippen LogP contribution in [0.3, 0.4) is 0 Å². The predicted octanol–water partition coefficient (Wildman–Crippen LogP) is 4.65. The van der Waals surface area contributed by atoms with Crippen LogP contribution in [0.25, 0.3) is 0 Å². The maximum Gasteiger partial charge on any atom is 0.315 e. The number of methoxy groups -OCH3 is 1. The molecule has 0 spiro atoms. The molecule has 3 aliphatic rings. The van der Waals surface area contributed by atoms with Crippen molar-refractivity contribution in [3.05, 3.63) is 35.4 Å². The Morgan fingerprint density at radius 2 is 1.66 bits per heavy atom. The number of rotatable bonds is 12. The fourth-order valence-corrected chi connectivity index (χ4v) is 6.66. The molecule has 38 heavy (non-hydrogen) atoms. The SMILES string of the molecule is COCCNC(=O)NCc1ccc(CN2C(N)=N[C@](CCC3CCCCC3)(CC3CCCCC3)C2O)cc1. The molecule has 0 bridgehead atoms. The van der Waals surface area contributed by atoms with Gasteiger partial charge in [0.05, 0.1) is 6.61 Å². The molecule has 1 heterocycles. The van der Waals surface area contributed by atoms with Crippen molar-refractivity contribution >= 4 is 12.0 Å². The fraction of sp³-hybridized carbons (Fsp3) is 0.733. The number of carbonyl (C=O) groups is 1. The van der Waals surface area contributed by atoms with E-state index in [4.69, 9.17) is 15.5 Å². The van der Waals surface area contributed by atoms with Crippen LogP contribution in [0.4, 0.5) is 4.79 Å². The van der Waals surface area contributed by atoms with Crippen molar-refractivity contribution in [3.8, 4) is 0 Å². The molecule has 1 aromatic rings. The number of nitrogens with one attached hydrogen (secondary N) is 2. The van der Waals surface area contributed by atoms with E-state index in [1.54, 1.807) is 7.11 Å². The molecule has 212 valence electrons. The molecular weight excluding hydrogens is 478 g/mol. The molecule has 0 saturated heterocycles. The average molecular weight is 528 g/mol. The normalized spacial score (nSPS) is 24.8. The summed E-state index contributed by atoms with van der Waals surface area (Å²) in [5.41, 5.74) is 8.10. The zero-order chi connectivity index (χ0) is 26.8. The topological polar surface area (TPSA) is 112 Å². The predicted molar refractivity (Wildman–Crippen MR) is 151 cm³/mol. The molecule has 5 N–H and O–H groups in total. The molecule has 1 aromatic carbocycles. The lowest BCUT2D eigenvalue weighted by molar-refractivity contribution is -0.0169. The van der Waals surface area contributed by atoms with Crippen molar-refractivity contribution in [2.75, 3.05) is 20.3 Å². The van der Waals surface area contributed by atoms with Crippen LogP contribution in [-0.4, -0.2) is 54.0 Å². The first-order chi connectivity index (χ1) is 18.5. The zero-order valence-corrected chi connectivity index (χ0v) is 23.3. The summed E-state index contributed by atoms with van der Waals surface area (Å²) in [5.74, 6) is 1.85.